The van der Waals surface area contributed by atoms with Crippen molar-refractivity contribution in [3.8, 4) is 28.6 Å². The Kier molecular flexibility index (Phi) is 4.03. The Balaban J connectivity index is 1.89. The lowest BCUT2D eigenvalue weighted by molar-refractivity contribution is -0.135. The molecule has 5 rings (SSSR count). The number of hydrogen-bond acceptors (Lipinski definition) is 7. The van der Waals surface area contributed by atoms with E-state index in [4.69, 9.17) is 9.15 Å². The van der Waals surface area contributed by atoms with E-state index in [2.05, 4.69) is 4.98 Å². The van der Waals surface area contributed by atoms with Crippen LogP contribution >= 0.6 is 0 Å². The quantitative estimate of drug-likeness (QED) is 0.299. The van der Waals surface area contributed by atoms with Crippen LogP contribution in [0.15, 0.2) is 70.1 Å². The molecule has 0 amide bonds. The standard InChI is InChI=1S/C23H15NO6/c25-15-11-16(13-4-2-1-3-5-13)29-22-18-14(12-6-8-24-9-7-12)10-17(26)30-23(18)21(28)20(27)19(15)22/h1-9,11,14,27-28H,10H2/t14-/m0/s1. The largest absolute Gasteiger partial charge is 0.504 e. The molecule has 0 saturated heterocycles. The maximum atomic E-state index is 12.9. The first-order valence-electron chi connectivity index (χ1n) is 9.26. The van der Waals surface area contributed by atoms with Crippen molar-refractivity contribution in [1.82, 2.24) is 4.98 Å². The number of aromatic nitrogens is 1. The first kappa shape index (κ1) is 17.9. The molecule has 0 saturated carbocycles. The molecule has 3 heterocycles. The number of aromatic hydroxyl groups is 2. The zero-order chi connectivity index (χ0) is 20.8. The zero-order valence-electron chi connectivity index (χ0n) is 15.5. The molecule has 7 nitrogen and oxygen atoms in total. The van der Waals surface area contributed by atoms with Crippen molar-refractivity contribution in [1.29, 1.82) is 0 Å². The maximum Gasteiger partial charge on any atom is 0.312 e. The van der Waals surface area contributed by atoms with Crippen LogP contribution in [0, 0.1) is 0 Å². The molecule has 1 atom stereocenters. The van der Waals surface area contributed by atoms with Crippen molar-refractivity contribution in [3.05, 3.63) is 82.3 Å². The number of rotatable bonds is 2. The molecule has 2 N–H and O–H groups in total. The van der Waals surface area contributed by atoms with E-state index in [1.807, 2.05) is 18.2 Å². The summed E-state index contributed by atoms with van der Waals surface area (Å²) >= 11 is 0. The Morgan fingerprint density at radius 2 is 1.70 bits per heavy atom. The summed E-state index contributed by atoms with van der Waals surface area (Å²) in [6, 6.07) is 13.8. The number of nitrogens with zero attached hydrogens (tertiary/aromatic N) is 1. The number of carbonyl (C=O) groups excluding carboxylic acids is 1. The van der Waals surface area contributed by atoms with Crippen LogP contribution in [-0.4, -0.2) is 21.2 Å². The van der Waals surface area contributed by atoms with Crippen LogP contribution < -0.4 is 10.2 Å². The second-order valence-corrected chi connectivity index (χ2v) is 7.00. The van der Waals surface area contributed by atoms with E-state index in [1.165, 1.54) is 6.07 Å². The SMILES string of the molecule is O=C1C[C@@H](c2ccncc2)c2c(c(O)c(O)c3c(=O)cc(-c4ccccc4)oc23)O1. The fourth-order valence-electron chi connectivity index (χ4n) is 3.83. The number of benzene rings is 2. The number of hydrogen-bond donors (Lipinski definition) is 2. The number of fused-ring (bicyclic) bond motifs is 3. The molecule has 148 valence electrons. The minimum atomic E-state index is -0.680. The topological polar surface area (TPSA) is 110 Å². The predicted molar refractivity (Wildman–Crippen MR) is 108 cm³/mol. The number of pyridine rings is 1. The highest BCUT2D eigenvalue weighted by molar-refractivity contribution is 5.96. The lowest BCUT2D eigenvalue weighted by Gasteiger charge is -2.26. The fourth-order valence-corrected chi connectivity index (χ4v) is 3.83. The number of phenolic OH excluding ortho intramolecular Hbond substituents is 2. The van der Waals surface area contributed by atoms with Gasteiger partial charge >= 0.3 is 5.97 Å². The van der Waals surface area contributed by atoms with Gasteiger partial charge in [-0.05, 0) is 17.7 Å². The van der Waals surface area contributed by atoms with Crippen molar-refractivity contribution < 1.29 is 24.2 Å². The Bertz CT molecular complexity index is 1350. The van der Waals surface area contributed by atoms with E-state index in [0.717, 1.165) is 5.56 Å². The first-order valence-corrected chi connectivity index (χ1v) is 9.26. The summed E-state index contributed by atoms with van der Waals surface area (Å²) in [5.74, 6) is -2.37. The van der Waals surface area contributed by atoms with Crippen molar-refractivity contribution >= 4 is 16.9 Å². The predicted octanol–water partition coefficient (Wildman–Crippen LogP) is 3.71. The van der Waals surface area contributed by atoms with E-state index >= 15 is 0 Å². The van der Waals surface area contributed by atoms with Gasteiger partial charge in [-0.2, -0.15) is 0 Å². The molecule has 7 heteroatoms. The molecule has 30 heavy (non-hydrogen) atoms. The van der Waals surface area contributed by atoms with Gasteiger partial charge in [0.05, 0.1) is 12.0 Å². The second-order valence-electron chi connectivity index (χ2n) is 7.00. The second kappa shape index (κ2) is 6.73. The van der Waals surface area contributed by atoms with Gasteiger partial charge in [-0.1, -0.05) is 30.3 Å². The Labute approximate surface area is 169 Å². The number of carbonyl (C=O) groups is 1. The van der Waals surface area contributed by atoms with E-state index in [-0.39, 0.29) is 23.1 Å². The van der Waals surface area contributed by atoms with E-state index in [0.29, 0.717) is 16.9 Å². The van der Waals surface area contributed by atoms with Gasteiger partial charge in [-0.3, -0.25) is 14.6 Å². The summed E-state index contributed by atoms with van der Waals surface area (Å²) in [5.41, 5.74) is 1.30. The Morgan fingerprint density at radius 1 is 0.967 bits per heavy atom. The molecule has 1 aliphatic rings. The summed E-state index contributed by atoms with van der Waals surface area (Å²) in [4.78, 5) is 29.1. The molecular formula is C23H15NO6. The lowest BCUT2D eigenvalue weighted by atomic mass is 9.85. The van der Waals surface area contributed by atoms with Gasteiger partial charge in [0.2, 0.25) is 5.75 Å². The summed E-state index contributed by atoms with van der Waals surface area (Å²) in [6.07, 6.45) is 3.15. The fraction of sp³-hybridized carbons (Fsp3) is 0.0870. The van der Waals surface area contributed by atoms with Crippen molar-refractivity contribution in [2.75, 3.05) is 0 Å². The van der Waals surface area contributed by atoms with Gasteiger partial charge in [-0.15, -0.1) is 0 Å². The van der Waals surface area contributed by atoms with Gasteiger partial charge in [0.15, 0.2) is 16.9 Å². The van der Waals surface area contributed by atoms with Crippen LogP contribution in [0.5, 0.6) is 17.2 Å². The molecule has 1 aliphatic heterocycles. The van der Waals surface area contributed by atoms with Crippen molar-refractivity contribution in [3.63, 3.8) is 0 Å². The molecule has 2 aromatic heterocycles. The molecular weight excluding hydrogens is 386 g/mol. The first-order chi connectivity index (χ1) is 14.5. The summed E-state index contributed by atoms with van der Waals surface area (Å²) < 4.78 is 11.3. The normalized spacial score (nSPS) is 15.6. The van der Waals surface area contributed by atoms with Crippen LogP contribution in [0.25, 0.3) is 22.3 Å². The van der Waals surface area contributed by atoms with Gasteiger partial charge in [0.25, 0.3) is 0 Å². The van der Waals surface area contributed by atoms with E-state index in [9.17, 15) is 19.8 Å². The van der Waals surface area contributed by atoms with Gasteiger partial charge in [-0.25, -0.2) is 0 Å². The number of ether oxygens (including phenoxy) is 1. The Hall–Kier alpha value is -4.13. The minimum Gasteiger partial charge on any atom is -0.504 e. The van der Waals surface area contributed by atoms with Crippen LogP contribution in [0.1, 0.15) is 23.5 Å². The van der Waals surface area contributed by atoms with Crippen LogP contribution in [-0.2, 0) is 4.79 Å². The number of esters is 1. The monoisotopic (exact) mass is 401 g/mol. The lowest BCUT2D eigenvalue weighted by Crippen LogP contribution is -2.22. The molecule has 0 spiro atoms. The highest BCUT2D eigenvalue weighted by Gasteiger charge is 2.36. The summed E-state index contributed by atoms with van der Waals surface area (Å²) in [5, 5.41) is 20.8. The smallest absolute Gasteiger partial charge is 0.312 e. The molecule has 0 unspecified atom stereocenters. The van der Waals surface area contributed by atoms with Gasteiger partial charge < -0.3 is 19.4 Å². The average Bonchev–Trinajstić information content (AvgIpc) is 2.77. The summed E-state index contributed by atoms with van der Waals surface area (Å²) in [7, 11) is 0. The van der Waals surface area contributed by atoms with Gasteiger partial charge in [0.1, 0.15) is 16.7 Å². The zero-order valence-corrected chi connectivity index (χ0v) is 15.5. The van der Waals surface area contributed by atoms with E-state index < -0.39 is 28.8 Å². The average molecular weight is 401 g/mol. The molecule has 0 radical (unpaired) electrons. The van der Waals surface area contributed by atoms with E-state index in [1.54, 1.807) is 36.7 Å². The third-order valence-electron chi connectivity index (χ3n) is 5.22. The molecule has 0 fully saturated rings. The molecule has 0 bridgehead atoms. The molecule has 2 aromatic carbocycles. The third kappa shape index (κ3) is 2.71. The van der Waals surface area contributed by atoms with Crippen LogP contribution in [0.4, 0.5) is 0 Å². The summed E-state index contributed by atoms with van der Waals surface area (Å²) in [6.45, 7) is 0. The minimum absolute atomic E-state index is 0.0183. The molecule has 4 aromatic rings. The molecule has 0 aliphatic carbocycles. The highest BCUT2D eigenvalue weighted by Crippen LogP contribution is 2.51. The van der Waals surface area contributed by atoms with Crippen molar-refractivity contribution in [2.24, 2.45) is 0 Å². The van der Waals surface area contributed by atoms with Crippen LogP contribution in [0.2, 0.25) is 0 Å². The number of phenols is 2. The van der Waals surface area contributed by atoms with Crippen LogP contribution in [0.3, 0.4) is 0 Å². The highest BCUT2D eigenvalue weighted by atomic mass is 16.5. The maximum absolute atomic E-state index is 12.9. The van der Waals surface area contributed by atoms with Crippen molar-refractivity contribution in [2.45, 2.75) is 12.3 Å². The third-order valence-corrected chi connectivity index (χ3v) is 5.22. The Morgan fingerprint density at radius 3 is 2.43 bits per heavy atom. The van der Waals surface area contributed by atoms with Gasteiger partial charge in [0, 0.05) is 29.9 Å².